The van der Waals surface area contributed by atoms with Crippen molar-refractivity contribution in [2.75, 3.05) is 13.2 Å². The molecule has 2 aromatic rings. The second kappa shape index (κ2) is 4.66. The smallest absolute Gasteiger partial charge is 0.107 e. The van der Waals surface area contributed by atoms with Crippen LogP contribution in [0.25, 0.3) is 10.9 Å². The van der Waals surface area contributed by atoms with E-state index in [0.717, 1.165) is 25.1 Å². The summed E-state index contributed by atoms with van der Waals surface area (Å²) in [4.78, 5) is 3.57. The van der Waals surface area contributed by atoms with Gasteiger partial charge in [0.2, 0.25) is 0 Å². The summed E-state index contributed by atoms with van der Waals surface area (Å²) in [6, 6.07) is 6.50. The molecular weight excluding hydrogens is 238 g/mol. The number of aromatic amines is 1. The Hall–Kier alpha value is -1.32. The van der Waals surface area contributed by atoms with Gasteiger partial charge in [0.05, 0.1) is 12.3 Å². The number of fused-ring (bicyclic) bond motifs is 3. The molecule has 3 rings (SSSR count). The van der Waals surface area contributed by atoms with Crippen molar-refractivity contribution in [1.29, 1.82) is 0 Å². The maximum Gasteiger partial charge on any atom is 0.107 e. The van der Waals surface area contributed by atoms with Gasteiger partial charge in [-0.3, -0.25) is 0 Å². The van der Waals surface area contributed by atoms with Crippen LogP contribution in [0.1, 0.15) is 37.1 Å². The number of aromatic nitrogens is 1. The highest BCUT2D eigenvalue weighted by Gasteiger charge is 2.35. The summed E-state index contributed by atoms with van der Waals surface area (Å²) in [6.07, 6.45) is 2.60. The van der Waals surface area contributed by atoms with E-state index in [-0.39, 0.29) is 12.2 Å². The SMILES string of the molecule is CCc1cccc2c3c([nH]c12)[C@](C)(CCO)OCC3. The molecule has 19 heavy (non-hydrogen) atoms. The molecule has 3 nitrogen and oxygen atoms in total. The topological polar surface area (TPSA) is 45.2 Å². The fourth-order valence-electron chi connectivity index (χ4n) is 3.20. The lowest BCUT2D eigenvalue weighted by Gasteiger charge is -2.33. The Labute approximate surface area is 113 Å². The third-order valence-corrected chi connectivity index (χ3v) is 4.30. The second-order valence-electron chi connectivity index (χ2n) is 5.47. The summed E-state index contributed by atoms with van der Waals surface area (Å²) in [7, 11) is 0. The van der Waals surface area contributed by atoms with E-state index in [2.05, 4.69) is 37.0 Å². The Morgan fingerprint density at radius 1 is 1.42 bits per heavy atom. The highest BCUT2D eigenvalue weighted by Crippen LogP contribution is 2.39. The van der Waals surface area contributed by atoms with E-state index in [1.807, 2.05) is 0 Å². The van der Waals surface area contributed by atoms with E-state index in [4.69, 9.17) is 4.74 Å². The Morgan fingerprint density at radius 2 is 2.26 bits per heavy atom. The summed E-state index contributed by atoms with van der Waals surface area (Å²) < 4.78 is 5.94. The molecule has 0 fully saturated rings. The van der Waals surface area contributed by atoms with Crippen molar-refractivity contribution in [3.63, 3.8) is 0 Å². The lowest BCUT2D eigenvalue weighted by atomic mass is 9.90. The van der Waals surface area contributed by atoms with Crippen LogP contribution in [0.4, 0.5) is 0 Å². The number of rotatable bonds is 3. The molecule has 0 amide bonds. The average molecular weight is 259 g/mol. The van der Waals surface area contributed by atoms with Crippen LogP contribution < -0.4 is 0 Å². The van der Waals surface area contributed by atoms with Crippen LogP contribution in [-0.4, -0.2) is 23.3 Å². The van der Waals surface area contributed by atoms with Crippen molar-refractivity contribution in [3.05, 3.63) is 35.0 Å². The normalized spacial score (nSPS) is 22.7. The highest BCUT2D eigenvalue weighted by molar-refractivity contribution is 5.88. The summed E-state index contributed by atoms with van der Waals surface area (Å²) in [5.74, 6) is 0. The van der Waals surface area contributed by atoms with E-state index in [1.54, 1.807) is 0 Å². The molecule has 0 bridgehead atoms. The van der Waals surface area contributed by atoms with E-state index in [0.29, 0.717) is 6.42 Å². The van der Waals surface area contributed by atoms with Gasteiger partial charge in [-0.1, -0.05) is 25.1 Å². The molecule has 102 valence electrons. The second-order valence-corrected chi connectivity index (χ2v) is 5.47. The van der Waals surface area contributed by atoms with E-state index >= 15 is 0 Å². The van der Waals surface area contributed by atoms with Gasteiger partial charge in [-0.15, -0.1) is 0 Å². The highest BCUT2D eigenvalue weighted by atomic mass is 16.5. The minimum absolute atomic E-state index is 0.145. The van der Waals surface area contributed by atoms with Crippen LogP contribution >= 0.6 is 0 Å². The number of benzene rings is 1. The summed E-state index contributed by atoms with van der Waals surface area (Å²) >= 11 is 0. The first kappa shape index (κ1) is 12.7. The lowest BCUT2D eigenvalue weighted by molar-refractivity contribution is -0.0628. The van der Waals surface area contributed by atoms with Crippen LogP contribution in [0.5, 0.6) is 0 Å². The maximum atomic E-state index is 9.29. The average Bonchev–Trinajstić information content (AvgIpc) is 2.79. The fraction of sp³-hybridized carbons (Fsp3) is 0.500. The number of aliphatic hydroxyl groups excluding tert-OH is 1. The number of H-pyrrole nitrogens is 1. The number of aryl methyl sites for hydroxylation is 1. The van der Waals surface area contributed by atoms with Crippen molar-refractivity contribution >= 4 is 10.9 Å². The van der Waals surface area contributed by atoms with Crippen molar-refractivity contribution in [3.8, 4) is 0 Å². The first-order chi connectivity index (χ1) is 9.19. The molecule has 0 spiro atoms. The molecule has 1 aliphatic heterocycles. The summed E-state index contributed by atoms with van der Waals surface area (Å²) in [5, 5.41) is 10.6. The zero-order valence-corrected chi connectivity index (χ0v) is 11.6. The van der Waals surface area contributed by atoms with Crippen LogP contribution in [0, 0.1) is 0 Å². The van der Waals surface area contributed by atoms with Gasteiger partial charge in [-0.05, 0) is 30.9 Å². The molecule has 1 aromatic carbocycles. The standard InChI is InChI=1S/C16H21NO2/c1-3-11-5-4-6-12-13-7-10-19-16(2,8-9-18)15(13)17-14(11)12/h4-6,17-18H,3,7-10H2,1-2H3/t16-/m0/s1. The van der Waals surface area contributed by atoms with Gasteiger partial charge in [-0.2, -0.15) is 0 Å². The molecule has 2 N–H and O–H groups in total. The van der Waals surface area contributed by atoms with Crippen molar-refractivity contribution in [1.82, 2.24) is 4.98 Å². The van der Waals surface area contributed by atoms with Crippen molar-refractivity contribution < 1.29 is 9.84 Å². The predicted molar refractivity (Wildman–Crippen MR) is 76.4 cm³/mol. The Morgan fingerprint density at radius 3 is 3.00 bits per heavy atom. The number of para-hydroxylation sites is 1. The zero-order chi connectivity index (χ0) is 13.5. The lowest BCUT2D eigenvalue weighted by Crippen LogP contribution is -2.33. The Balaban J connectivity index is 2.23. The number of aliphatic hydroxyl groups is 1. The Bertz CT molecular complexity index is 602. The number of hydrogen-bond acceptors (Lipinski definition) is 2. The summed E-state index contributed by atoms with van der Waals surface area (Å²) in [5.41, 5.74) is 4.73. The van der Waals surface area contributed by atoms with Crippen molar-refractivity contribution in [2.45, 2.75) is 38.7 Å². The van der Waals surface area contributed by atoms with Crippen LogP contribution in [0.3, 0.4) is 0 Å². The van der Waals surface area contributed by atoms with E-state index in [1.165, 1.54) is 22.0 Å². The van der Waals surface area contributed by atoms with Gasteiger partial charge in [0.1, 0.15) is 5.60 Å². The minimum atomic E-state index is -0.383. The van der Waals surface area contributed by atoms with Crippen LogP contribution in [0.2, 0.25) is 0 Å². The van der Waals surface area contributed by atoms with Crippen LogP contribution in [-0.2, 0) is 23.2 Å². The first-order valence-corrected chi connectivity index (χ1v) is 7.07. The van der Waals surface area contributed by atoms with Gasteiger partial charge in [0, 0.05) is 23.9 Å². The minimum Gasteiger partial charge on any atom is -0.396 e. The molecule has 0 aliphatic carbocycles. The van der Waals surface area contributed by atoms with Gasteiger partial charge in [0.15, 0.2) is 0 Å². The van der Waals surface area contributed by atoms with Gasteiger partial charge >= 0.3 is 0 Å². The van der Waals surface area contributed by atoms with Gasteiger partial charge in [0.25, 0.3) is 0 Å². The van der Waals surface area contributed by atoms with Crippen molar-refractivity contribution in [2.24, 2.45) is 0 Å². The van der Waals surface area contributed by atoms with Gasteiger partial charge in [-0.25, -0.2) is 0 Å². The number of hydrogen-bond donors (Lipinski definition) is 2. The molecule has 3 heteroatoms. The quantitative estimate of drug-likeness (QED) is 0.890. The molecule has 0 unspecified atom stereocenters. The molecule has 0 saturated heterocycles. The number of ether oxygens (including phenoxy) is 1. The monoisotopic (exact) mass is 259 g/mol. The molecule has 1 aromatic heterocycles. The summed E-state index contributed by atoms with van der Waals surface area (Å²) in [6.45, 7) is 5.12. The first-order valence-electron chi connectivity index (χ1n) is 7.07. The molecule has 0 radical (unpaired) electrons. The third-order valence-electron chi connectivity index (χ3n) is 4.30. The maximum absolute atomic E-state index is 9.29. The fourth-order valence-corrected chi connectivity index (χ4v) is 3.20. The zero-order valence-electron chi connectivity index (χ0n) is 11.6. The van der Waals surface area contributed by atoms with Crippen LogP contribution in [0.15, 0.2) is 18.2 Å². The molecule has 0 saturated carbocycles. The molecular formula is C16H21NO2. The number of nitrogens with one attached hydrogen (secondary N) is 1. The van der Waals surface area contributed by atoms with Gasteiger partial charge < -0.3 is 14.8 Å². The third kappa shape index (κ3) is 1.88. The largest absolute Gasteiger partial charge is 0.396 e. The Kier molecular flexibility index (Phi) is 3.11. The molecule has 1 aliphatic rings. The predicted octanol–water partition coefficient (Wildman–Crippen LogP) is 2.90. The van der Waals surface area contributed by atoms with E-state index < -0.39 is 0 Å². The van der Waals surface area contributed by atoms with E-state index in [9.17, 15) is 5.11 Å². The molecule has 1 atom stereocenters. The molecule has 2 heterocycles.